The maximum atomic E-state index is 13.2. The van der Waals surface area contributed by atoms with Crippen LogP contribution in [-0.4, -0.2) is 75.6 Å². The van der Waals surface area contributed by atoms with E-state index in [4.69, 9.17) is 4.18 Å². The Bertz CT molecular complexity index is 1320. The van der Waals surface area contributed by atoms with E-state index in [1.807, 2.05) is 29.0 Å². The van der Waals surface area contributed by atoms with Gasteiger partial charge in [-0.25, -0.2) is 9.97 Å². The highest BCUT2D eigenvalue weighted by Crippen LogP contribution is 2.28. The number of anilines is 1. The number of benzene rings is 1. The first-order valence-electron chi connectivity index (χ1n) is 10.5. The molecule has 0 spiro atoms. The van der Waals surface area contributed by atoms with E-state index < -0.39 is 40.4 Å². The van der Waals surface area contributed by atoms with Gasteiger partial charge in [-0.2, -0.15) is 18.2 Å². The van der Waals surface area contributed by atoms with Crippen molar-refractivity contribution in [3.05, 3.63) is 70.3 Å². The number of ketones is 1. The SMILES string of the molecule is CNS(=O)(=O)O[C@@H]1C[C@@H](Nc2ncncc2C(=O)c2ccn(Cc3cccc(Br)c3)n2)[C@H](O)[C@H]1O. The monoisotopic (exact) mass is 566 g/mol. The Kier molecular flexibility index (Phi) is 7.59. The first-order valence-corrected chi connectivity index (χ1v) is 12.7. The van der Waals surface area contributed by atoms with Gasteiger partial charge in [-0.3, -0.25) is 13.7 Å². The van der Waals surface area contributed by atoms with Gasteiger partial charge in [-0.1, -0.05) is 28.1 Å². The van der Waals surface area contributed by atoms with Crippen molar-refractivity contribution in [2.24, 2.45) is 0 Å². The highest BCUT2D eigenvalue weighted by atomic mass is 79.9. The number of rotatable bonds is 9. The van der Waals surface area contributed by atoms with E-state index in [0.29, 0.717) is 6.54 Å². The summed E-state index contributed by atoms with van der Waals surface area (Å²) in [6.07, 6.45) is 0.160. The predicted molar refractivity (Wildman–Crippen MR) is 128 cm³/mol. The molecule has 1 fully saturated rings. The number of aliphatic hydroxyl groups excluding tert-OH is 2. The number of carbonyl (C=O) groups is 1. The quantitative estimate of drug-likeness (QED) is 0.267. The molecule has 2 aromatic heterocycles. The van der Waals surface area contributed by atoms with Gasteiger partial charge in [0, 0.05) is 30.3 Å². The van der Waals surface area contributed by atoms with Crippen molar-refractivity contribution >= 4 is 37.8 Å². The maximum Gasteiger partial charge on any atom is 0.335 e. The smallest absolute Gasteiger partial charge is 0.335 e. The molecule has 35 heavy (non-hydrogen) atoms. The summed E-state index contributed by atoms with van der Waals surface area (Å²) in [7, 11) is -2.91. The molecule has 4 N–H and O–H groups in total. The first-order chi connectivity index (χ1) is 16.7. The van der Waals surface area contributed by atoms with E-state index in [-0.39, 0.29) is 23.5 Å². The minimum Gasteiger partial charge on any atom is -0.388 e. The van der Waals surface area contributed by atoms with Crippen LogP contribution in [0.1, 0.15) is 28.0 Å². The van der Waals surface area contributed by atoms with Crippen molar-refractivity contribution in [2.45, 2.75) is 37.3 Å². The van der Waals surface area contributed by atoms with E-state index in [1.165, 1.54) is 19.6 Å². The second kappa shape index (κ2) is 10.5. The zero-order valence-corrected chi connectivity index (χ0v) is 20.8. The first kappa shape index (κ1) is 25.3. The van der Waals surface area contributed by atoms with Gasteiger partial charge < -0.3 is 15.5 Å². The zero-order chi connectivity index (χ0) is 25.2. The Hall–Kier alpha value is -2.75. The summed E-state index contributed by atoms with van der Waals surface area (Å²) in [5.41, 5.74) is 1.28. The van der Waals surface area contributed by atoms with E-state index in [9.17, 15) is 23.4 Å². The van der Waals surface area contributed by atoms with Gasteiger partial charge in [0.1, 0.15) is 36.2 Å². The van der Waals surface area contributed by atoms with Crippen molar-refractivity contribution in [1.29, 1.82) is 0 Å². The molecule has 14 heteroatoms. The lowest BCUT2D eigenvalue weighted by atomic mass is 10.1. The molecule has 0 aliphatic heterocycles. The maximum absolute atomic E-state index is 13.2. The average Bonchev–Trinajstić information content (AvgIpc) is 3.39. The summed E-state index contributed by atoms with van der Waals surface area (Å²) >= 11 is 3.43. The van der Waals surface area contributed by atoms with Crippen LogP contribution in [-0.2, 0) is 21.0 Å². The normalized spacial score (nSPS) is 22.3. The van der Waals surface area contributed by atoms with Crippen LogP contribution in [0.15, 0.2) is 53.5 Å². The third-order valence-corrected chi connectivity index (χ3v) is 7.01. The molecule has 3 aromatic rings. The summed E-state index contributed by atoms with van der Waals surface area (Å²) < 4.78 is 32.8. The summed E-state index contributed by atoms with van der Waals surface area (Å²) in [6.45, 7) is 0.464. The summed E-state index contributed by atoms with van der Waals surface area (Å²) in [5, 5.41) is 27.9. The van der Waals surface area contributed by atoms with Gasteiger partial charge in [0.25, 0.3) is 0 Å². The fraction of sp³-hybridized carbons (Fsp3) is 0.333. The molecule has 1 aromatic carbocycles. The molecular formula is C21H23BrN6O6S. The summed E-state index contributed by atoms with van der Waals surface area (Å²) in [6, 6.07) is 8.47. The lowest BCUT2D eigenvalue weighted by molar-refractivity contribution is -0.00882. The van der Waals surface area contributed by atoms with E-state index in [2.05, 4.69) is 36.3 Å². The van der Waals surface area contributed by atoms with E-state index in [0.717, 1.165) is 10.0 Å². The molecule has 0 amide bonds. The number of aliphatic hydroxyl groups is 2. The number of nitrogens with one attached hydrogen (secondary N) is 2. The number of aromatic nitrogens is 4. The zero-order valence-electron chi connectivity index (χ0n) is 18.4. The van der Waals surface area contributed by atoms with Gasteiger partial charge in [0.05, 0.1) is 18.2 Å². The van der Waals surface area contributed by atoms with Crippen LogP contribution in [0.5, 0.6) is 0 Å². The number of hydrogen-bond donors (Lipinski definition) is 4. The summed E-state index contributed by atoms with van der Waals surface area (Å²) in [5.74, 6) is -0.334. The Balaban J connectivity index is 1.50. The van der Waals surface area contributed by atoms with Gasteiger partial charge in [-0.15, -0.1) is 0 Å². The van der Waals surface area contributed by atoms with Crippen LogP contribution in [0, 0.1) is 0 Å². The fourth-order valence-corrected chi connectivity index (χ4v) is 4.82. The third kappa shape index (κ3) is 5.91. The van der Waals surface area contributed by atoms with Crippen LogP contribution in [0.3, 0.4) is 0 Å². The Morgan fingerprint density at radius 3 is 2.83 bits per heavy atom. The Labute approximate surface area is 209 Å². The van der Waals surface area contributed by atoms with Crippen molar-refractivity contribution in [3.8, 4) is 0 Å². The van der Waals surface area contributed by atoms with E-state index >= 15 is 0 Å². The van der Waals surface area contributed by atoms with Crippen molar-refractivity contribution in [1.82, 2.24) is 24.5 Å². The lowest BCUT2D eigenvalue weighted by Crippen LogP contribution is -2.38. The van der Waals surface area contributed by atoms with Crippen LogP contribution in [0.2, 0.25) is 0 Å². The van der Waals surface area contributed by atoms with Crippen molar-refractivity contribution < 1.29 is 27.6 Å². The van der Waals surface area contributed by atoms with Crippen LogP contribution in [0.25, 0.3) is 0 Å². The lowest BCUT2D eigenvalue weighted by Gasteiger charge is -2.19. The highest BCUT2D eigenvalue weighted by Gasteiger charge is 2.44. The number of nitrogens with zero attached hydrogens (tertiary/aromatic N) is 4. The molecule has 0 radical (unpaired) electrons. The third-order valence-electron chi connectivity index (χ3n) is 5.52. The van der Waals surface area contributed by atoms with E-state index in [1.54, 1.807) is 16.9 Å². The summed E-state index contributed by atoms with van der Waals surface area (Å²) in [4.78, 5) is 21.2. The molecule has 186 valence electrons. The molecule has 1 aliphatic carbocycles. The molecular weight excluding hydrogens is 544 g/mol. The standard InChI is InChI=1S/C21H23BrN6O6S/c1-23-35(32,33)34-17-8-16(19(30)20(17)31)26-21-14(9-24-11-25-21)18(29)15-5-6-28(27-15)10-12-3-2-4-13(22)7-12/h2-7,9,11,16-17,19-20,23,30-31H,8,10H2,1H3,(H,24,25,26)/t16-,17-,19+,20+/m1/s1. The second-order valence-electron chi connectivity index (χ2n) is 7.90. The Morgan fingerprint density at radius 1 is 1.29 bits per heavy atom. The molecule has 4 atom stereocenters. The fourth-order valence-electron chi connectivity index (χ4n) is 3.76. The van der Waals surface area contributed by atoms with Gasteiger partial charge in [0.15, 0.2) is 0 Å². The topological polar surface area (TPSA) is 169 Å². The van der Waals surface area contributed by atoms with Crippen LogP contribution >= 0.6 is 15.9 Å². The largest absolute Gasteiger partial charge is 0.388 e. The highest BCUT2D eigenvalue weighted by molar-refractivity contribution is 9.10. The molecule has 12 nitrogen and oxygen atoms in total. The van der Waals surface area contributed by atoms with Crippen molar-refractivity contribution in [2.75, 3.05) is 12.4 Å². The molecule has 1 saturated carbocycles. The van der Waals surface area contributed by atoms with Crippen LogP contribution < -0.4 is 10.0 Å². The number of halogens is 1. The van der Waals surface area contributed by atoms with Gasteiger partial charge >= 0.3 is 10.3 Å². The van der Waals surface area contributed by atoms with Gasteiger partial charge in [0.2, 0.25) is 5.78 Å². The number of hydrogen-bond acceptors (Lipinski definition) is 10. The average molecular weight is 567 g/mol. The second-order valence-corrected chi connectivity index (χ2v) is 10.3. The van der Waals surface area contributed by atoms with Gasteiger partial charge in [-0.05, 0) is 23.8 Å². The molecule has 0 unspecified atom stereocenters. The molecule has 4 rings (SSSR count). The minimum atomic E-state index is -4.08. The van der Waals surface area contributed by atoms with Crippen LogP contribution in [0.4, 0.5) is 5.82 Å². The molecule has 1 aliphatic rings. The molecule has 0 saturated heterocycles. The molecule has 2 heterocycles. The Morgan fingerprint density at radius 2 is 2.09 bits per heavy atom. The number of carbonyl (C=O) groups excluding carboxylic acids is 1. The minimum absolute atomic E-state index is 0.0534. The van der Waals surface area contributed by atoms with Crippen molar-refractivity contribution in [3.63, 3.8) is 0 Å². The molecule has 0 bridgehead atoms. The predicted octanol–water partition coefficient (Wildman–Crippen LogP) is 0.470.